The highest BCUT2D eigenvalue weighted by atomic mass is 19.4. The first-order valence-corrected chi connectivity index (χ1v) is 7.87. The molecule has 0 spiro atoms. The topological polar surface area (TPSA) is 79.9 Å². The molecular formula is C18H15F3N4O2. The number of benzene rings is 1. The van der Waals surface area contributed by atoms with E-state index in [2.05, 4.69) is 15.2 Å². The van der Waals surface area contributed by atoms with E-state index in [4.69, 9.17) is 4.74 Å². The van der Waals surface area contributed by atoms with Gasteiger partial charge in [0.05, 0.1) is 18.5 Å². The Morgan fingerprint density at radius 3 is 2.52 bits per heavy atom. The number of ether oxygens (including phenoxy) is 1. The zero-order valence-corrected chi connectivity index (χ0v) is 14.1. The highest BCUT2D eigenvalue weighted by Crippen LogP contribution is 2.32. The second kappa shape index (κ2) is 7.48. The molecule has 2 aromatic heterocycles. The summed E-state index contributed by atoms with van der Waals surface area (Å²) >= 11 is 0. The number of carbonyl (C=O) groups excluding carboxylic acids is 1. The zero-order valence-electron chi connectivity index (χ0n) is 14.1. The Labute approximate surface area is 152 Å². The number of aromatic nitrogens is 3. The summed E-state index contributed by atoms with van der Waals surface area (Å²) in [5.41, 5.74) is 0.714. The van der Waals surface area contributed by atoms with Crippen LogP contribution in [0.4, 0.5) is 13.2 Å². The minimum Gasteiger partial charge on any atom is -0.497 e. The lowest BCUT2D eigenvalue weighted by atomic mass is 10.1. The van der Waals surface area contributed by atoms with Gasteiger partial charge in [-0.05, 0) is 42.5 Å². The van der Waals surface area contributed by atoms with Crippen LogP contribution in [0.2, 0.25) is 0 Å². The minimum atomic E-state index is -4.69. The molecule has 0 saturated carbocycles. The van der Waals surface area contributed by atoms with Gasteiger partial charge in [-0.2, -0.15) is 18.3 Å². The maximum atomic E-state index is 13.3. The number of halogens is 3. The zero-order chi connectivity index (χ0) is 19.4. The van der Waals surface area contributed by atoms with Gasteiger partial charge in [-0.1, -0.05) is 6.07 Å². The lowest BCUT2D eigenvalue weighted by Crippen LogP contribution is -2.38. The summed E-state index contributed by atoms with van der Waals surface area (Å²) in [7, 11) is 1.53. The van der Waals surface area contributed by atoms with E-state index >= 15 is 0 Å². The minimum absolute atomic E-state index is 0.0917. The molecule has 3 rings (SSSR count). The van der Waals surface area contributed by atoms with Gasteiger partial charge in [0, 0.05) is 11.8 Å². The van der Waals surface area contributed by atoms with Crippen molar-refractivity contribution >= 4 is 5.91 Å². The quantitative estimate of drug-likeness (QED) is 0.714. The molecule has 1 amide bonds. The molecule has 6 nitrogen and oxygen atoms in total. The molecule has 1 unspecified atom stereocenters. The first-order chi connectivity index (χ1) is 12.9. The molecule has 9 heteroatoms. The molecule has 0 aliphatic carbocycles. The third-order valence-corrected chi connectivity index (χ3v) is 3.79. The van der Waals surface area contributed by atoms with Crippen molar-refractivity contribution in [2.45, 2.75) is 12.2 Å². The van der Waals surface area contributed by atoms with Crippen LogP contribution in [-0.2, 0) is 0 Å². The molecule has 2 N–H and O–H groups in total. The fourth-order valence-corrected chi connectivity index (χ4v) is 2.43. The van der Waals surface area contributed by atoms with E-state index in [-0.39, 0.29) is 11.4 Å². The SMILES string of the molecule is COc1ccc(-c2cc(C(=O)NC(c3ccccn3)C(F)(F)F)[nH]n2)cc1. The average Bonchev–Trinajstić information content (AvgIpc) is 3.16. The predicted molar refractivity (Wildman–Crippen MR) is 91.1 cm³/mol. The van der Waals surface area contributed by atoms with Crippen LogP contribution in [0.3, 0.4) is 0 Å². The van der Waals surface area contributed by atoms with Crippen molar-refractivity contribution in [1.29, 1.82) is 0 Å². The van der Waals surface area contributed by atoms with Crippen LogP contribution in [0.1, 0.15) is 22.2 Å². The fourth-order valence-electron chi connectivity index (χ4n) is 2.43. The molecule has 0 saturated heterocycles. The first kappa shape index (κ1) is 18.4. The number of hydrogen-bond donors (Lipinski definition) is 2. The summed E-state index contributed by atoms with van der Waals surface area (Å²) in [6.07, 6.45) is -3.46. The van der Waals surface area contributed by atoms with Crippen LogP contribution in [0.15, 0.2) is 54.7 Å². The number of alkyl halides is 3. The number of H-pyrrole nitrogens is 1. The third-order valence-electron chi connectivity index (χ3n) is 3.79. The molecule has 1 aromatic carbocycles. The smallest absolute Gasteiger partial charge is 0.414 e. The van der Waals surface area contributed by atoms with Gasteiger partial charge < -0.3 is 10.1 Å². The lowest BCUT2D eigenvalue weighted by Gasteiger charge is -2.20. The molecule has 140 valence electrons. The van der Waals surface area contributed by atoms with Crippen molar-refractivity contribution in [3.05, 3.63) is 66.1 Å². The van der Waals surface area contributed by atoms with E-state index in [0.29, 0.717) is 17.0 Å². The summed E-state index contributed by atoms with van der Waals surface area (Å²) in [6, 6.07) is 10.2. The average molecular weight is 376 g/mol. The normalized spacial score (nSPS) is 12.4. The van der Waals surface area contributed by atoms with Crippen molar-refractivity contribution in [2.24, 2.45) is 0 Å². The number of nitrogens with zero attached hydrogens (tertiary/aromatic N) is 2. The van der Waals surface area contributed by atoms with Crippen LogP contribution in [-0.4, -0.2) is 34.4 Å². The fraction of sp³-hybridized carbons (Fsp3) is 0.167. The second-order valence-corrected chi connectivity index (χ2v) is 5.60. The molecule has 3 aromatic rings. The van der Waals surface area contributed by atoms with Crippen LogP contribution >= 0.6 is 0 Å². The van der Waals surface area contributed by atoms with E-state index in [1.165, 1.54) is 37.6 Å². The van der Waals surface area contributed by atoms with E-state index < -0.39 is 18.1 Å². The third kappa shape index (κ3) is 4.25. The number of methoxy groups -OCH3 is 1. The monoisotopic (exact) mass is 376 g/mol. The number of aromatic amines is 1. The molecule has 0 radical (unpaired) electrons. The Morgan fingerprint density at radius 1 is 1.19 bits per heavy atom. The largest absolute Gasteiger partial charge is 0.497 e. The summed E-state index contributed by atoms with van der Waals surface area (Å²) in [4.78, 5) is 16.0. The van der Waals surface area contributed by atoms with E-state index in [9.17, 15) is 18.0 Å². The van der Waals surface area contributed by atoms with Crippen LogP contribution < -0.4 is 10.1 Å². The Hall–Kier alpha value is -3.36. The van der Waals surface area contributed by atoms with Gasteiger partial charge in [-0.3, -0.25) is 14.9 Å². The van der Waals surface area contributed by atoms with Gasteiger partial charge in [0.15, 0.2) is 6.04 Å². The highest BCUT2D eigenvalue weighted by molar-refractivity contribution is 5.93. The first-order valence-electron chi connectivity index (χ1n) is 7.87. The maximum Gasteiger partial charge on any atom is 0.414 e. The van der Waals surface area contributed by atoms with Crippen molar-refractivity contribution in [2.75, 3.05) is 7.11 Å². The van der Waals surface area contributed by atoms with Crippen molar-refractivity contribution < 1.29 is 22.7 Å². The lowest BCUT2D eigenvalue weighted by molar-refractivity contribution is -0.156. The molecule has 27 heavy (non-hydrogen) atoms. The number of rotatable bonds is 5. The summed E-state index contributed by atoms with van der Waals surface area (Å²) in [5.74, 6) is -0.286. The van der Waals surface area contributed by atoms with Crippen LogP contribution in [0, 0.1) is 0 Å². The van der Waals surface area contributed by atoms with Gasteiger partial charge in [0.25, 0.3) is 5.91 Å². The molecule has 0 aliphatic heterocycles. The van der Waals surface area contributed by atoms with Crippen molar-refractivity contribution in [1.82, 2.24) is 20.5 Å². The predicted octanol–water partition coefficient (Wildman–Crippen LogP) is 3.51. The Morgan fingerprint density at radius 2 is 1.93 bits per heavy atom. The van der Waals surface area contributed by atoms with Crippen molar-refractivity contribution in [3.8, 4) is 17.0 Å². The van der Waals surface area contributed by atoms with Gasteiger partial charge in [-0.15, -0.1) is 0 Å². The number of hydrogen-bond acceptors (Lipinski definition) is 4. The number of amides is 1. The molecule has 1 atom stereocenters. The van der Waals surface area contributed by atoms with E-state index in [1.54, 1.807) is 24.3 Å². The number of nitrogens with one attached hydrogen (secondary N) is 2. The maximum absolute atomic E-state index is 13.3. The Bertz CT molecular complexity index is 908. The molecule has 0 bridgehead atoms. The highest BCUT2D eigenvalue weighted by Gasteiger charge is 2.43. The summed E-state index contributed by atoms with van der Waals surface area (Å²) in [5, 5.41) is 8.40. The van der Waals surface area contributed by atoms with Gasteiger partial charge >= 0.3 is 6.18 Å². The van der Waals surface area contributed by atoms with Crippen LogP contribution in [0.25, 0.3) is 11.3 Å². The second-order valence-electron chi connectivity index (χ2n) is 5.60. The Kier molecular flexibility index (Phi) is 5.11. The van der Waals surface area contributed by atoms with E-state index in [0.717, 1.165) is 0 Å². The van der Waals surface area contributed by atoms with Gasteiger partial charge in [0.2, 0.25) is 0 Å². The molecule has 0 fully saturated rings. The summed E-state index contributed by atoms with van der Waals surface area (Å²) < 4.78 is 45.1. The standard InChI is InChI=1S/C18H15F3N4O2/c1-27-12-7-5-11(6-8-12)14-10-15(25-24-14)17(26)23-16(18(19,20)21)13-4-2-3-9-22-13/h2-10,16H,1H3,(H,23,26)(H,24,25). The van der Waals surface area contributed by atoms with Crippen LogP contribution in [0.5, 0.6) is 5.75 Å². The van der Waals surface area contributed by atoms with Gasteiger partial charge in [-0.25, -0.2) is 0 Å². The molecular weight excluding hydrogens is 361 g/mol. The summed E-state index contributed by atoms with van der Waals surface area (Å²) in [6.45, 7) is 0. The Balaban J connectivity index is 1.80. The molecule has 0 aliphatic rings. The van der Waals surface area contributed by atoms with Crippen molar-refractivity contribution in [3.63, 3.8) is 0 Å². The van der Waals surface area contributed by atoms with E-state index in [1.807, 2.05) is 5.32 Å². The molecule has 2 heterocycles. The number of pyridine rings is 1. The number of carbonyl (C=O) groups is 1. The van der Waals surface area contributed by atoms with Gasteiger partial charge in [0.1, 0.15) is 11.4 Å².